The lowest BCUT2D eigenvalue weighted by molar-refractivity contribution is -0.115. The Hall–Kier alpha value is -1.07. The Morgan fingerprint density at radius 3 is 2.79 bits per heavy atom. The van der Waals surface area contributed by atoms with E-state index in [-0.39, 0.29) is 24.2 Å². The lowest BCUT2D eigenvalue weighted by Gasteiger charge is -2.11. The van der Waals surface area contributed by atoms with Gasteiger partial charge in [0.1, 0.15) is 5.00 Å². The Labute approximate surface area is 121 Å². The molecule has 1 heterocycles. The van der Waals surface area contributed by atoms with Crippen molar-refractivity contribution in [1.29, 1.82) is 0 Å². The Balaban J connectivity index is 2.33. The lowest BCUT2D eigenvalue weighted by Crippen LogP contribution is -2.15. The topological polar surface area (TPSA) is 55.4 Å². The van der Waals surface area contributed by atoms with Crippen molar-refractivity contribution in [3.05, 3.63) is 16.0 Å². The molecule has 0 bridgehead atoms. The zero-order valence-corrected chi connectivity index (χ0v) is 12.3. The zero-order valence-electron chi connectivity index (χ0n) is 10.8. The molecule has 0 aromatic carbocycles. The summed E-state index contributed by atoms with van der Waals surface area (Å²) < 4.78 is 4.83. The first kappa shape index (κ1) is 14.3. The van der Waals surface area contributed by atoms with Gasteiger partial charge in [0, 0.05) is 17.2 Å². The molecule has 0 saturated heterocycles. The summed E-state index contributed by atoms with van der Waals surface area (Å²) in [7, 11) is 1.36. The van der Waals surface area contributed by atoms with Crippen molar-refractivity contribution in [2.45, 2.75) is 32.1 Å². The minimum Gasteiger partial charge on any atom is -0.465 e. The largest absolute Gasteiger partial charge is 0.465 e. The molecule has 1 N–H and O–H groups in total. The van der Waals surface area contributed by atoms with Crippen LogP contribution in [-0.2, 0) is 22.4 Å². The summed E-state index contributed by atoms with van der Waals surface area (Å²) in [6.07, 6.45) is 4.29. The van der Waals surface area contributed by atoms with Crippen LogP contribution in [0.5, 0.6) is 0 Å². The molecule has 0 fully saturated rings. The highest BCUT2D eigenvalue weighted by Crippen LogP contribution is 2.38. The molecule has 4 nitrogen and oxygen atoms in total. The average molecular weight is 302 g/mol. The van der Waals surface area contributed by atoms with Crippen molar-refractivity contribution in [3.8, 4) is 0 Å². The van der Waals surface area contributed by atoms with Gasteiger partial charge in [-0.1, -0.05) is 0 Å². The number of aryl methyl sites for hydroxylation is 1. The number of thiophene rings is 1. The second-order valence-electron chi connectivity index (χ2n) is 4.39. The van der Waals surface area contributed by atoms with Crippen molar-refractivity contribution in [1.82, 2.24) is 0 Å². The molecule has 2 rings (SSSR count). The molecule has 6 heteroatoms. The number of rotatable bonds is 4. The first-order valence-electron chi connectivity index (χ1n) is 6.26. The molecular weight excluding hydrogens is 286 g/mol. The van der Waals surface area contributed by atoms with E-state index in [2.05, 4.69) is 5.32 Å². The predicted molar refractivity (Wildman–Crippen MR) is 76.3 cm³/mol. The normalized spacial score (nSPS) is 13.8. The Bertz CT molecular complexity index is 498. The van der Waals surface area contributed by atoms with Crippen molar-refractivity contribution in [3.63, 3.8) is 0 Å². The van der Waals surface area contributed by atoms with Crippen LogP contribution in [0.3, 0.4) is 0 Å². The first-order chi connectivity index (χ1) is 9.17. The minimum atomic E-state index is -0.374. The molecule has 0 unspecified atom stereocenters. The monoisotopic (exact) mass is 301 g/mol. The van der Waals surface area contributed by atoms with Gasteiger partial charge in [0.25, 0.3) is 0 Å². The molecule has 1 aliphatic carbocycles. The van der Waals surface area contributed by atoms with Gasteiger partial charge in [-0.2, -0.15) is 0 Å². The van der Waals surface area contributed by atoms with Gasteiger partial charge in [0.05, 0.1) is 12.7 Å². The Morgan fingerprint density at radius 1 is 1.37 bits per heavy atom. The number of hydrogen-bond acceptors (Lipinski definition) is 4. The van der Waals surface area contributed by atoms with E-state index < -0.39 is 0 Å². The highest BCUT2D eigenvalue weighted by molar-refractivity contribution is 7.17. The van der Waals surface area contributed by atoms with Crippen molar-refractivity contribution < 1.29 is 14.3 Å². The van der Waals surface area contributed by atoms with E-state index in [9.17, 15) is 9.59 Å². The summed E-state index contributed by atoms with van der Waals surface area (Å²) in [5.41, 5.74) is 1.58. The summed E-state index contributed by atoms with van der Waals surface area (Å²) in [5.74, 6) is -0.274. The van der Waals surface area contributed by atoms with Crippen LogP contribution in [0.15, 0.2) is 0 Å². The fourth-order valence-corrected chi connectivity index (χ4v) is 3.71. The standard InChI is InChI=1S/C13H16ClNO3S/c1-18-13(17)11-8-4-2-3-5-9(8)19-12(11)15-10(16)6-7-14/h2-7H2,1H3,(H,15,16). The number of alkyl halides is 1. The molecule has 1 aliphatic rings. The number of hydrogen-bond donors (Lipinski definition) is 1. The van der Waals surface area contributed by atoms with E-state index in [0.717, 1.165) is 31.2 Å². The molecule has 19 heavy (non-hydrogen) atoms. The lowest BCUT2D eigenvalue weighted by atomic mass is 9.95. The van der Waals surface area contributed by atoms with E-state index >= 15 is 0 Å². The van der Waals surface area contributed by atoms with Crippen molar-refractivity contribution in [2.24, 2.45) is 0 Å². The molecule has 0 saturated carbocycles. The maximum absolute atomic E-state index is 11.9. The van der Waals surface area contributed by atoms with Gasteiger partial charge in [-0.05, 0) is 31.2 Å². The molecule has 1 amide bonds. The van der Waals surface area contributed by atoms with Crippen LogP contribution >= 0.6 is 22.9 Å². The van der Waals surface area contributed by atoms with Crippen molar-refractivity contribution in [2.75, 3.05) is 18.3 Å². The molecule has 104 valence electrons. The van der Waals surface area contributed by atoms with Gasteiger partial charge in [0.15, 0.2) is 0 Å². The molecule has 0 radical (unpaired) electrons. The number of esters is 1. The van der Waals surface area contributed by atoms with Gasteiger partial charge < -0.3 is 10.1 Å². The quantitative estimate of drug-likeness (QED) is 0.687. The number of anilines is 1. The van der Waals surface area contributed by atoms with Crippen LogP contribution in [-0.4, -0.2) is 24.9 Å². The van der Waals surface area contributed by atoms with E-state index in [1.54, 1.807) is 0 Å². The summed E-state index contributed by atoms with van der Waals surface area (Å²) >= 11 is 7.03. The summed E-state index contributed by atoms with van der Waals surface area (Å²) in [6, 6.07) is 0. The van der Waals surface area contributed by atoms with Gasteiger partial charge in [-0.15, -0.1) is 22.9 Å². The maximum atomic E-state index is 11.9. The second-order valence-corrected chi connectivity index (χ2v) is 5.88. The molecule has 1 aromatic rings. The first-order valence-corrected chi connectivity index (χ1v) is 7.61. The maximum Gasteiger partial charge on any atom is 0.341 e. The van der Waals surface area contributed by atoms with Crippen LogP contribution in [0.4, 0.5) is 5.00 Å². The van der Waals surface area contributed by atoms with Gasteiger partial charge in [-0.3, -0.25) is 4.79 Å². The van der Waals surface area contributed by atoms with E-state index in [1.165, 1.54) is 23.3 Å². The Morgan fingerprint density at radius 2 is 2.11 bits per heavy atom. The summed E-state index contributed by atoms with van der Waals surface area (Å²) in [6.45, 7) is 0. The third-order valence-electron chi connectivity index (χ3n) is 3.14. The summed E-state index contributed by atoms with van der Waals surface area (Å²) in [5, 5.41) is 3.38. The van der Waals surface area contributed by atoms with E-state index in [1.807, 2.05) is 0 Å². The van der Waals surface area contributed by atoms with Crippen LogP contribution < -0.4 is 5.32 Å². The van der Waals surface area contributed by atoms with E-state index in [0.29, 0.717) is 10.6 Å². The molecular formula is C13H16ClNO3S. The second kappa shape index (κ2) is 6.39. The smallest absolute Gasteiger partial charge is 0.341 e. The predicted octanol–water partition coefficient (Wildman–Crippen LogP) is 2.98. The third-order valence-corrected chi connectivity index (χ3v) is 4.53. The van der Waals surface area contributed by atoms with Crippen LogP contribution in [0, 0.1) is 0 Å². The highest BCUT2D eigenvalue weighted by Gasteiger charge is 2.26. The average Bonchev–Trinajstić information content (AvgIpc) is 2.75. The number of halogens is 1. The highest BCUT2D eigenvalue weighted by atomic mass is 35.5. The van der Waals surface area contributed by atoms with Crippen LogP contribution in [0.1, 0.15) is 40.1 Å². The van der Waals surface area contributed by atoms with Gasteiger partial charge in [-0.25, -0.2) is 4.79 Å². The molecule has 0 spiro atoms. The molecule has 0 aliphatic heterocycles. The number of nitrogens with one attached hydrogen (secondary N) is 1. The SMILES string of the molecule is COC(=O)c1c(NC(=O)CCCl)sc2c1CCCC2. The van der Waals surface area contributed by atoms with Crippen molar-refractivity contribution >= 4 is 39.8 Å². The fourth-order valence-electron chi connectivity index (χ4n) is 2.25. The van der Waals surface area contributed by atoms with E-state index in [4.69, 9.17) is 16.3 Å². The van der Waals surface area contributed by atoms with Crippen LogP contribution in [0.25, 0.3) is 0 Å². The number of amides is 1. The van der Waals surface area contributed by atoms with Gasteiger partial charge in [0.2, 0.25) is 5.91 Å². The third kappa shape index (κ3) is 3.09. The summed E-state index contributed by atoms with van der Waals surface area (Å²) in [4.78, 5) is 24.7. The molecule has 0 atom stereocenters. The Kier molecular flexibility index (Phi) is 4.82. The number of methoxy groups -OCH3 is 1. The number of fused-ring (bicyclic) bond motifs is 1. The van der Waals surface area contributed by atoms with Gasteiger partial charge >= 0.3 is 5.97 Å². The number of carbonyl (C=O) groups excluding carboxylic acids is 2. The van der Waals surface area contributed by atoms with Crippen LogP contribution in [0.2, 0.25) is 0 Å². The zero-order chi connectivity index (χ0) is 13.8. The number of ether oxygens (including phenoxy) is 1. The molecule has 1 aromatic heterocycles. The number of carbonyl (C=O) groups is 2. The minimum absolute atomic E-state index is 0.168. The fraction of sp³-hybridized carbons (Fsp3) is 0.538.